The van der Waals surface area contributed by atoms with Crippen LogP contribution in [0.1, 0.15) is 23.7 Å². The third-order valence-corrected chi connectivity index (χ3v) is 3.08. The number of carbonyl (C=O) groups excluding carboxylic acids is 1. The zero-order valence-corrected chi connectivity index (χ0v) is 11.1. The molecule has 1 N–H and O–H groups in total. The van der Waals surface area contributed by atoms with Crippen LogP contribution in [0.2, 0.25) is 0 Å². The van der Waals surface area contributed by atoms with Gasteiger partial charge in [-0.05, 0) is 34.5 Å². The van der Waals surface area contributed by atoms with Crippen LogP contribution < -0.4 is 0 Å². The molecule has 0 saturated carbocycles. The monoisotopic (exact) mass is 300 g/mol. The first-order valence-corrected chi connectivity index (χ1v) is 5.88. The first kappa shape index (κ1) is 13.6. The van der Waals surface area contributed by atoms with Gasteiger partial charge in [0, 0.05) is 13.2 Å². The Kier molecular flexibility index (Phi) is 4.62. The van der Waals surface area contributed by atoms with Crippen molar-refractivity contribution in [3.05, 3.63) is 28.5 Å². The van der Waals surface area contributed by atoms with Gasteiger partial charge < -0.3 is 10.0 Å². The van der Waals surface area contributed by atoms with Gasteiger partial charge in [0.05, 0.1) is 5.56 Å². The largest absolute Gasteiger partial charge is 0.480 e. The van der Waals surface area contributed by atoms with E-state index in [1.807, 2.05) is 0 Å². The van der Waals surface area contributed by atoms with E-state index in [-0.39, 0.29) is 5.91 Å². The van der Waals surface area contributed by atoms with Crippen molar-refractivity contribution in [2.45, 2.75) is 19.4 Å². The molecule has 0 spiro atoms. The minimum absolute atomic E-state index is 0.356. The molecule has 0 bridgehead atoms. The van der Waals surface area contributed by atoms with Crippen molar-refractivity contribution < 1.29 is 14.7 Å². The number of pyridine rings is 1. The summed E-state index contributed by atoms with van der Waals surface area (Å²) in [4.78, 5) is 28.2. The summed E-state index contributed by atoms with van der Waals surface area (Å²) in [5, 5.41) is 8.99. The molecule has 0 aliphatic heterocycles. The van der Waals surface area contributed by atoms with Crippen LogP contribution in [0.3, 0.4) is 0 Å². The zero-order chi connectivity index (χ0) is 13.0. The average Bonchev–Trinajstić information content (AvgIpc) is 2.29. The summed E-state index contributed by atoms with van der Waals surface area (Å²) >= 11 is 3.17. The molecule has 5 nitrogen and oxygen atoms in total. The van der Waals surface area contributed by atoms with Gasteiger partial charge in [0.1, 0.15) is 10.6 Å². The maximum absolute atomic E-state index is 12.1. The number of aliphatic carboxylic acids is 1. The highest BCUT2D eigenvalue weighted by atomic mass is 79.9. The molecule has 1 unspecified atom stereocenters. The van der Waals surface area contributed by atoms with Crippen molar-refractivity contribution in [3.8, 4) is 0 Å². The predicted molar refractivity (Wildman–Crippen MR) is 65.7 cm³/mol. The molecule has 1 aromatic rings. The maximum Gasteiger partial charge on any atom is 0.326 e. The first-order chi connectivity index (χ1) is 7.99. The molecule has 0 aliphatic carbocycles. The molecule has 0 aliphatic rings. The summed E-state index contributed by atoms with van der Waals surface area (Å²) in [5.41, 5.74) is 0.356. The molecular weight excluding hydrogens is 288 g/mol. The van der Waals surface area contributed by atoms with Gasteiger partial charge in [0.25, 0.3) is 5.91 Å². The number of carboxylic acids is 1. The summed E-state index contributed by atoms with van der Waals surface area (Å²) < 4.78 is 0.414. The summed E-state index contributed by atoms with van der Waals surface area (Å²) in [6.07, 6.45) is 1.91. The van der Waals surface area contributed by atoms with E-state index in [0.717, 1.165) is 0 Å². The highest BCUT2D eigenvalue weighted by Gasteiger charge is 2.26. The number of carbonyl (C=O) groups is 2. The number of rotatable bonds is 4. The van der Waals surface area contributed by atoms with Gasteiger partial charge in [0.2, 0.25) is 0 Å². The minimum Gasteiger partial charge on any atom is -0.480 e. The Morgan fingerprint density at radius 3 is 2.71 bits per heavy atom. The number of amides is 1. The zero-order valence-electron chi connectivity index (χ0n) is 9.55. The van der Waals surface area contributed by atoms with Gasteiger partial charge in [-0.15, -0.1) is 0 Å². The highest BCUT2D eigenvalue weighted by Crippen LogP contribution is 2.16. The van der Waals surface area contributed by atoms with E-state index in [0.29, 0.717) is 16.6 Å². The van der Waals surface area contributed by atoms with Gasteiger partial charge in [-0.1, -0.05) is 6.92 Å². The normalized spacial score (nSPS) is 11.9. The SMILES string of the molecule is CCC(C(=O)O)N(C)C(=O)c1cccnc1Br. The minimum atomic E-state index is -1.01. The van der Waals surface area contributed by atoms with E-state index in [1.165, 1.54) is 11.9 Å². The molecule has 1 heterocycles. The number of nitrogens with zero attached hydrogens (tertiary/aromatic N) is 2. The van der Waals surface area contributed by atoms with Crippen LogP contribution in [0.4, 0.5) is 0 Å². The van der Waals surface area contributed by atoms with Crippen molar-refractivity contribution in [1.82, 2.24) is 9.88 Å². The molecule has 1 rings (SSSR count). The van der Waals surface area contributed by atoms with E-state index in [9.17, 15) is 9.59 Å². The number of hydrogen-bond acceptors (Lipinski definition) is 3. The third kappa shape index (κ3) is 3.03. The van der Waals surface area contributed by atoms with Crippen molar-refractivity contribution in [1.29, 1.82) is 0 Å². The highest BCUT2D eigenvalue weighted by molar-refractivity contribution is 9.10. The molecule has 0 saturated heterocycles. The van der Waals surface area contributed by atoms with E-state index in [1.54, 1.807) is 25.3 Å². The molecule has 6 heteroatoms. The van der Waals surface area contributed by atoms with E-state index < -0.39 is 12.0 Å². The van der Waals surface area contributed by atoms with Crippen molar-refractivity contribution in [2.24, 2.45) is 0 Å². The van der Waals surface area contributed by atoms with E-state index in [2.05, 4.69) is 20.9 Å². The third-order valence-electron chi connectivity index (χ3n) is 2.45. The fraction of sp³-hybridized carbons (Fsp3) is 0.364. The molecular formula is C11H13BrN2O3. The van der Waals surface area contributed by atoms with Crippen LogP contribution in [0.5, 0.6) is 0 Å². The standard InChI is InChI=1S/C11H13BrN2O3/c1-3-8(11(16)17)14(2)10(15)7-5-4-6-13-9(7)12/h4-6,8H,3H2,1-2H3,(H,16,17). The molecule has 0 aromatic carbocycles. The molecule has 0 fully saturated rings. The number of carboxylic acid groups (broad SMARTS) is 1. The lowest BCUT2D eigenvalue weighted by Gasteiger charge is -2.23. The topological polar surface area (TPSA) is 70.5 Å². The lowest BCUT2D eigenvalue weighted by Crippen LogP contribution is -2.42. The Morgan fingerprint density at radius 1 is 1.59 bits per heavy atom. The fourth-order valence-corrected chi connectivity index (χ4v) is 1.91. The van der Waals surface area contributed by atoms with E-state index >= 15 is 0 Å². The number of halogens is 1. The average molecular weight is 301 g/mol. The lowest BCUT2D eigenvalue weighted by atomic mass is 10.1. The summed E-state index contributed by atoms with van der Waals surface area (Å²) in [6.45, 7) is 1.72. The van der Waals surface area contributed by atoms with Gasteiger partial charge in [0.15, 0.2) is 0 Å². The van der Waals surface area contributed by atoms with Gasteiger partial charge in [-0.2, -0.15) is 0 Å². The molecule has 92 valence electrons. The van der Waals surface area contributed by atoms with Gasteiger partial charge in [-0.3, -0.25) is 4.79 Å². The molecule has 0 radical (unpaired) electrons. The summed E-state index contributed by atoms with van der Waals surface area (Å²) in [5.74, 6) is -1.37. The molecule has 17 heavy (non-hydrogen) atoms. The molecule has 1 atom stereocenters. The van der Waals surface area contributed by atoms with Crippen LogP contribution in [-0.2, 0) is 4.79 Å². The smallest absolute Gasteiger partial charge is 0.326 e. The van der Waals surface area contributed by atoms with Crippen molar-refractivity contribution in [3.63, 3.8) is 0 Å². The van der Waals surface area contributed by atoms with Crippen LogP contribution in [-0.4, -0.2) is 40.0 Å². The Labute approximate surface area is 108 Å². The van der Waals surface area contributed by atoms with Crippen molar-refractivity contribution >= 4 is 27.8 Å². The van der Waals surface area contributed by atoms with Crippen LogP contribution in [0, 0.1) is 0 Å². The second kappa shape index (κ2) is 5.77. The molecule has 1 amide bonds. The van der Waals surface area contributed by atoms with Crippen LogP contribution in [0.15, 0.2) is 22.9 Å². The van der Waals surface area contributed by atoms with Crippen LogP contribution in [0.25, 0.3) is 0 Å². The fourth-order valence-electron chi connectivity index (χ4n) is 1.49. The van der Waals surface area contributed by atoms with Crippen molar-refractivity contribution in [2.75, 3.05) is 7.05 Å². The Hall–Kier alpha value is -1.43. The number of aromatic nitrogens is 1. The van der Waals surface area contributed by atoms with E-state index in [4.69, 9.17) is 5.11 Å². The number of likely N-dealkylation sites (N-methyl/N-ethyl adjacent to an activating group) is 1. The molecule has 1 aromatic heterocycles. The Balaban J connectivity index is 2.98. The summed E-state index contributed by atoms with van der Waals surface area (Å²) in [6, 6.07) is 2.41. The van der Waals surface area contributed by atoms with Crippen LogP contribution >= 0.6 is 15.9 Å². The summed E-state index contributed by atoms with van der Waals surface area (Å²) in [7, 11) is 1.48. The predicted octanol–water partition coefficient (Wildman–Crippen LogP) is 1.78. The Bertz CT molecular complexity index is 436. The Morgan fingerprint density at radius 2 is 2.24 bits per heavy atom. The van der Waals surface area contributed by atoms with Gasteiger partial charge in [-0.25, -0.2) is 9.78 Å². The second-order valence-electron chi connectivity index (χ2n) is 3.52. The second-order valence-corrected chi connectivity index (χ2v) is 4.27. The van der Waals surface area contributed by atoms with Gasteiger partial charge >= 0.3 is 5.97 Å². The number of hydrogen-bond donors (Lipinski definition) is 1. The lowest BCUT2D eigenvalue weighted by molar-refractivity contribution is -0.142. The quantitative estimate of drug-likeness (QED) is 0.861. The first-order valence-electron chi connectivity index (χ1n) is 5.09. The maximum atomic E-state index is 12.1.